The maximum absolute atomic E-state index is 9.55. The number of methoxy groups -OCH3 is 4. The van der Waals surface area contributed by atoms with Gasteiger partial charge in [0.2, 0.25) is 0 Å². The van der Waals surface area contributed by atoms with Crippen LogP contribution in [-0.4, -0.2) is 88.1 Å². The SMILES string of the molecule is COc1ccc(CCOC2CCCCC2N)cc1OC.COc1ccc(CCOC2CCCCC2N)cc1OC.O=C(O)/C=C\C(=O)O. The Balaban J connectivity index is 0.000000274. The quantitative estimate of drug-likeness (QED) is 0.202. The second-order valence-corrected chi connectivity index (χ2v) is 11.6. The molecule has 12 nitrogen and oxygen atoms in total. The van der Waals surface area contributed by atoms with Crippen molar-refractivity contribution >= 4 is 11.9 Å². The number of carboxylic acid groups (broad SMARTS) is 2. The summed E-state index contributed by atoms with van der Waals surface area (Å²) in [6.45, 7) is 1.40. The molecule has 2 aliphatic carbocycles. The number of carboxylic acids is 2. The van der Waals surface area contributed by atoms with Crippen LogP contribution in [0.4, 0.5) is 0 Å². The molecule has 2 aromatic carbocycles. The highest BCUT2D eigenvalue weighted by molar-refractivity contribution is 5.89. The van der Waals surface area contributed by atoms with Gasteiger partial charge in [0.15, 0.2) is 23.0 Å². The average Bonchev–Trinajstić information content (AvgIpc) is 3.09. The van der Waals surface area contributed by atoms with Crippen LogP contribution in [0, 0.1) is 0 Å². The number of hydrogen-bond donors (Lipinski definition) is 4. The first-order chi connectivity index (χ1) is 23.1. The molecule has 0 aliphatic heterocycles. The molecule has 4 unspecified atom stereocenters. The molecule has 0 saturated heterocycles. The fraction of sp³-hybridized carbons (Fsp3) is 0.556. The van der Waals surface area contributed by atoms with Crippen molar-refractivity contribution in [3.63, 3.8) is 0 Å². The van der Waals surface area contributed by atoms with Gasteiger partial charge in [0.25, 0.3) is 0 Å². The van der Waals surface area contributed by atoms with Crippen molar-refractivity contribution in [3.8, 4) is 23.0 Å². The van der Waals surface area contributed by atoms with Gasteiger partial charge >= 0.3 is 11.9 Å². The maximum Gasteiger partial charge on any atom is 0.328 e. The molecule has 2 saturated carbocycles. The number of carbonyl (C=O) groups is 2. The van der Waals surface area contributed by atoms with Gasteiger partial charge in [-0.3, -0.25) is 0 Å². The van der Waals surface area contributed by atoms with Gasteiger partial charge in [-0.2, -0.15) is 0 Å². The first kappa shape index (κ1) is 40.3. The molecule has 2 aliphatic rings. The largest absolute Gasteiger partial charge is 0.493 e. The normalized spacial score (nSPS) is 20.4. The van der Waals surface area contributed by atoms with Gasteiger partial charge in [0.05, 0.1) is 53.9 Å². The lowest BCUT2D eigenvalue weighted by molar-refractivity contribution is -0.134. The fourth-order valence-corrected chi connectivity index (χ4v) is 5.54. The minimum absolute atomic E-state index is 0.203. The zero-order valence-electron chi connectivity index (χ0n) is 28.7. The molecule has 0 radical (unpaired) electrons. The molecular formula is C36H54N2O10. The van der Waals surface area contributed by atoms with Crippen LogP contribution >= 0.6 is 0 Å². The Morgan fingerprint density at radius 1 is 0.625 bits per heavy atom. The summed E-state index contributed by atoms with van der Waals surface area (Å²) in [4.78, 5) is 19.1. The van der Waals surface area contributed by atoms with E-state index in [2.05, 4.69) is 0 Å². The highest BCUT2D eigenvalue weighted by Crippen LogP contribution is 2.29. The summed E-state index contributed by atoms with van der Waals surface area (Å²) in [5.41, 5.74) is 14.5. The molecule has 0 aromatic heterocycles. The predicted molar refractivity (Wildman–Crippen MR) is 183 cm³/mol. The van der Waals surface area contributed by atoms with Crippen molar-refractivity contribution in [1.29, 1.82) is 0 Å². The summed E-state index contributed by atoms with van der Waals surface area (Å²) >= 11 is 0. The van der Waals surface area contributed by atoms with Gasteiger partial charge in [-0.15, -0.1) is 0 Å². The van der Waals surface area contributed by atoms with E-state index in [1.54, 1.807) is 28.4 Å². The molecule has 12 heteroatoms. The smallest absolute Gasteiger partial charge is 0.328 e. The highest BCUT2D eigenvalue weighted by Gasteiger charge is 2.23. The third-order valence-corrected chi connectivity index (χ3v) is 8.22. The second kappa shape index (κ2) is 22.7. The molecule has 4 atom stereocenters. The summed E-state index contributed by atoms with van der Waals surface area (Å²) in [5.74, 6) is 0.525. The Morgan fingerprint density at radius 2 is 0.979 bits per heavy atom. The minimum atomic E-state index is -1.26. The minimum Gasteiger partial charge on any atom is -0.493 e. The molecule has 4 rings (SSSR count). The summed E-state index contributed by atoms with van der Waals surface area (Å²) < 4.78 is 32.9. The second-order valence-electron chi connectivity index (χ2n) is 11.6. The lowest BCUT2D eigenvalue weighted by Gasteiger charge is -2.28. The van der Waals surface area contributed by atoms with Crippen LogP contribution in [0.1, 0.15) is 62.5 Å². The van der Waals surface area contributed by atoms with Crippen LogP contribution in [-0.2, 0) is 31.9 Å². The van der Waals surface area contributed by atoms with E-state index in [0.717, 1.165) is 61.5 Å². The van der Waals surface area contributed by atoms with Crippen molar-refractivity contribution in [2.45, 2.75) is 88.5 Å². The van der Waals surface area contributed by atoms with E-state index < -0.39 is 11.9 Å². The fourth-order valence-electron chi connectivity index (χ4n) is 5.54. The number of aliphatic carboxylic acids is 2. The van der Waals surface area contributed by atoms with Crippen LogP contribution < -0.4 is 30.4 Å². The van der Waals surface area contributed by atoms with E-state index in [0.29, 0.717) is 25.4 Å². The summed E-state index contributed by atoms with van der Waals surface area (Å²) in [5, 5.41) is 15.6. The van der Waals surface area contributed by atoms with Crippen molar-refractivity contribution in [2.75, 3.05) is 41.7 Å². The number of rotatable bonds is 14. The van der Waals surface area contributed by atoms with E-state index >= 15 is 0 Å². The third-order valence-electron chi connectivity index (χ3n) is 8.22. The molecule has 0 spiro atoms. The molecule has 268 valence electrons. The van der Waals surface area contributed by atoms with Crippen molar-refractivity contribution in [1.82, 2.24) is 0 Å². The zero-order valence-corrected chi connectivity index (χ0v) is 28.7. The number of benzene rings is 2. The lowest BCUT2D eigenvalue weighted by atomic mass is 9.93. The van der Waals surface area contributed by atoms with E-state index in [9.17, 15) is 9.59 Å². The van der Waals surface area contributed by atoms with E-state index in [-0.39, 0.29) is 24.3 Å². The highest BCUT2D eigenvalue weighted by atomic mass is 16.5. The molecule has 0 heterocycles. The van der Waals surface area contributed by atoms with E-state index in [4.69, 9.17) is 50.1 Å². The first-order valence-electron chi connectivity index (χ1n) is 16.4. The van der Waals surface area contributed by atoms with E-state index in [1.165, 1.54) is 36.8 Å². The molecular weight excluding hydrogens is 620 g/mol. The molecule has 0 amide bonds. The van der Waals surface area contributed by atoms with Crippen LogP contribution in [0.15, 0.2) is 48.6 Å². The summed E-state index contributed by atoms with van der Waals surface area (Å²) in [6.07, 6.45) is 12.6. The first-order valence-corrected chi connectivity index (χ1v) is 16.4. The Labute approximate surface area is 284 Å². The van der Waals surface area contributed by atoms with Gasteiger partial charge in [-0.25, -0.2) is 9.59 Å². The Hall–Kier alpha value is -3.84. The molecule has 2 aromatic rings. The third kappa shape index (κ3) is 14.9. The summed E-state index contributed by atoms with van der Waals surface area (Å²) in [7, 11) is 6.59. The lowest BCUT2D eigenvalue weighted by Crippen LogP contribution is -2.39. The van der Waals surface area contributed by atoms with E-state index in [1.807, 2.05) is 36.4 Å². The Kier molecular flexibility index (Phi) is 19.1. The van der Waals surface area contributed by atoms with Crippen molar-refractivity contribution < 1.29 is 48.2 Å². The van der Waals surface area contributed by atoms with Gasteiger partial charge < -0.3 is 50.1 Å². The molecule has 48 heavy (non-hydrogen) atoms. The van der Waals surface area contributed by atoms with Crippen molar-refractivity contribution in [2.24, 2.45) is 11.5 Å². The van der Waals surface area contributed by atoms with Gasteiger partial charge in [-0.05, 0) is 73.9 Å². The predicted octanol–water partition coefficient (Wildman–Crippen LogP) is 4.78. The number of hydrogen-bond acceptors (Lipinski definition) is 10. The van der Waals surface area contributed by atoms with Gasteiger partial charge in [0.1, 0.15) is 0 Å². The number of nitrogens with two attached hydrogens (primary N) is 2. The Bertz CT molecular complexity index is 1180. The summed E-state index contributed by atoms with van der Waals surface area (Å²) in [6, 6.07) is 12.4. The monoisotopic (exact) mass is 674 g/mol. The molecule has 0 bridgehead atoms. The molecule has 2 fully saturated rings. The van der Waals surface area contributed by atoms with Crippen LogP contribution in [0.25, 0.3) is 0 Å². The average molecular weight is 675 g/mol. The zero-order chi connectivity index (χ0) is 35.3. The van der Waals surface area contributed by atoms with Crippen LogP contribution in [0.3, 0.4) is 0 Å². The maximum atomic E-state index is 9.55. The standard InChI is InChI=1S/2C16H25NO3.C4H4O4/c2*1-18-15-8-7-12(11-16(15)19-2)9-10-20-14-6-4-3-5-13(14)17;5-3(6)1-2-4(7)8/h2*7-8,11,13-14H,3-6,9-10,17H2,1-2H3;1-2H,(H,5,6)(H,7,8)/b;;2-1-. The number of ether oxygens (including phenoxy) is 6. The van der Waals surface area contributed by atoms with Gasteiger partial charge in [0, 0.05) is 24.2 Å². The Morgan fingerprint density at radius 3 is 1.29 bits per heavy atom. The molecule has 6 N–H and O–H groups in total. The van der Waals surface area contributed by atoms with Crippen molar-refractivity contribution in [3.05, 3.63) is 59.7 Å². The topological polar surface area (TPSA) is 182 Å². The van der Waals surface area contributed by atoms with Crippen LogP contribution in [0.5, 0.6) is 23.0 Å². The van der Waals surface area contributed by atoms with Gasteiger partial charge in [-0.1, -0.05) is 37.8 Å². The van der Waals surface area contributed by atoms with Crippen LogP contribution in [0.2, 0.25) is 0 Å².